The van der Waals surface area contributed by atoms with Crippen molar-refractivity contribution in [2.24, 2.45) is 22.4 Å². The molecule has 3 aliphatic carbocycles. The van der Waals surface area contributed by atoms with Crippen molar-refractivity contribution >= 4 is 5.71 Å². The molecule has 0 saturated heterocycles. The molecule has 5 heteroatoms. The zero-order chi connectivity index (χ0) is 18.5. The molecule has 3 N–H and O–H groups in total. The summed E-state index contributed by atoms with van der Waals surface area (Å²) in [6.45, 7) is 4.65. The maximum absolute atomic E-state index is 10.6. The number of hydrogen-bond acceptors (Lipinski definition) is 5. The van der Waals surface area contributed by atoms with Gasteiger partial charge in [0.05, 0.1) is 18.4 Å². The molecule has 0 bridgehead atoms. The van der Waals surface area contributed by atoms with Crippen molar-refractivity contribution in [3.8, 4) is 11.5 Å². The second kappa shape index (κ2) is 6.45. The highest BCUT2D eigenvalue weighted by atomic mass is 16.5. The summed E-state index contributed by atoms with van der Waals surface area (Å²) in [5, 5.41) is 34.0. The fourth-order valence-electron chi connectivity index (χ4n) is 6.00. The van der Waals surface area contributed by atoms with Gasteiger partial charge in [-0.15, -0.1) is 0 Å². The molecule has 0 spiro atoms. The maximum atomic E-state index is 10.6. The first-order valence-electron chi connectivity index (χ1n) is 9.88. The molecular formula is C21H29NO4. The summed E-state index contributed by atoms with van der Waals surface area (Å²) in [6.07, 6.45) is 5.42. The lowest BCUT2D eigenvalue weighted by molar-refractivity contribution is -0.0197. The Morgan fingerprint density at radius 1 is 1.23 bits per heavy atom. The van der Waals surface area contributed by atoms with E-state index in [1.165, 1.54) is 0 Å². The van der Waals surface area contributed by atoms with Gasteiger partial charge in [0.1, 0.15) is 0 Å². The van der Waals surface area contributed by atoms with E-state index in [0.717, 1.165) is 43.2 Å². The fraction of sp³-hybridized carbons (Fsp3) is 0.667. The molecule has 0 aromatic heterocycles. The Bertz CT molecular complexity index is 731. The van der Waals surface area contributed by atoms with Gasteiger partial charge in [-0.1, -0.05) is 12.1 Å². The zero-order valence-corrected chi connectivity index (χ0v) is 15.6. The number of nitrogens with zero attached hydrogens (tertiary/aromatic N) is 1. The highest BCUT2D eigenvalue weighted by molar-refractivity contribution is 6.02. The van der Waals surface area contributed by atoms with E-state index in [0.29, 0.717) is 42.2 Å². The second-order valence-electron chi connectivity index (χ2n) is 8.44. The third-order valence-corrected chi connectivity index (χ3v) is 7.36. The van der Waals surface area contributed by atoms with Gasteiger partial charge in [-0.05, 0) is 86.3 Å². The van der Waals surface area contributed by atoms with Gasteiger partial charge in [0.15, 0.2) is 11.5 Å². The lowest BCUT2D eigenvalue weighted by Crippen LogP contribution is -2.42. The van der Waals surface area contributed by atoms with Crippen LogP contribution in [-0.2, 0) is 0 Å². The molecule has 0 radical (unpaired) electrons. The summed E-state index contributed by atoms with van der Waals surface area (Å²) in [7, 11) is 0. The standard InChI is InChI=1S/C21H29NO4/c1-3-26-19-11-14-12-8-9-21(2)16(5-7-20(21)24)13(12)4-6-17(22-25)15(14)10-18(19)23/h10-13,16,20,23-25H,3-9H2,1-2H3/b22-17-/t12-,13+,16-,20-,21-/m0/s1. The topological polar surface area (TPSA) is 82.3 Å². The molecule has 5 nitrogen and oxygen atoms in total. The Labute approximate surface area is 154 Å². The Hall–Kier alpha value is -1.75. The molecule has 0 amide bonds. The molecule has 0 unspecified atom stereocenters. The number of benzene rings is 1. The molecule has 0 aliphatic heterocycles. The van der Waals surface area contributed by atoms with Crippen molar-refractivity contribution in [1.29, 1.82) is 0 Å². The quantitative estimate of drug-likeness (QED) is 0.550. The Kier molecular flexibility index (Phi) is 4.38. The number of fused-ring (bicyclic) bond motifs is 5. The fourth-order valence-corrected chi connectivity index (χ4v) is 6.00. The summed E-state index contributed by atoms with van der Waals surface area (Å²) >= 11 is 0. The van der Waals surface area contributed by atoms with E-state index >= 15 is 0 Å². The van der Waals surface area contributed by atoms with Crippen LogP contribution in [0.25, 0.3) is 0 Å². The van der Waals surface area contributed by atoms with Crippen LogP contribution in [0.15, 0.2) is 17.3 Å². The molecule has 2 saturated carbocycles. The minimum Gasteiger partial charge on any atom is -0.504 e. The van der Waals surface area contributed by atoms with Gasteiger partial charge in [0.25, 0.3) is 0 Å². The lowest BCUT2D eigenvalue weighted by atomic mass is 9.58. The van der Waals surface area contributed by atoms with Crippen molar-refractivity contribution in [2.75, 3.05) is 6.61 Å². The van der Waals surface area contributed by atoms with Gasteiger partial charge in [-0.25, -0.2) is 0 Å². The summed E-state index contributed by atoms with van der Waals surface area (Å²) < 4.78 is 5.62. The number of aromatic hydroxyl groups is 1. The molecule has 1 aromatic carbocycles. The number of aliphatic hydroxyl groups excluding tert-OH is 1. The normalized spacial score (nSPS) is 37.6. The minimum atomic E-state index is -0.207. The zero-order valence-electron chi connectivity index (χ0n) is 15.6. The molecule has 1 aromatic rings. The van der Waals surface area contributed by atoms with Gasteiger partial charge in [0.2, 0.25) is 0 Å². The average Bonchev–Trinajstić information content (AvgIpc) is 2.84. The highest BCUT2D eigenvalue weighted by Gasteiger charge is 2.54. The van der Waals surface area contributed by atoms with Crippen LogP contribution < -0.4 is 4.74 Å². The van der Waals surface area contributed by atoms with Crippen LogP contribution in [0.5, 0.6) is 11.5 Å². The first-order valence-corrected chi connectivity index (χ1v) is 9.88. The number of aliphatic hydroxyl groups is 1. The largest absolute Gasteiger partial charge is 0.504 e. The molecule has 5 atom stereocenters. The maximum Gasteiger partial charge on any atom is 0.161 e. The summed E-state index contributed by atoms with van der Waals surface area (Å²) in [5.41, 5.74) is 2.63. The average molecular weight is 359 g/mol. The number of rotatable bonds is 2. The minimum absolute atomic E-state index is 0.00184. The van der Waals surface area contributed by atoms with E-state index in [9.17, 15) is 15.4 Å². The molecular weight excluding hydrogens is 330 g/mol. The van der Waals surface area contributed by atoms with Gasteiger partial charge in [-0.3, -0.25) is 0 Å². The van der Waals surface area contributed by atoms with E-state index in [2.05, 4.69) is 12.1 Å². The van der Waals surface area contributed by atoms with E-state index < -0.39 is 0 Å². The Balaban J connectivity index is 1.81. The molecule has 26 heavy (non-hydrogen) atoms. The third kappa shape index (κ3) is 2.51. The summed E-state index contributed by atoms with van der Waals surface area (Å²) in [6, 6.07) is 3.66. The van der Waals surface area contributed by atoms with E-state index in [4.69, 9.17) is 4.74 Å². The number of phenols is 1. The number of phenolic OH excluding ortho intramolecular Hbond substituents is 1. The number of hydrogen-bond donors (Lipinski definition) is 3. The lowest BCUT2D eigenvalue weighted by Gasteiger charge is -2.47. The van der Waals surface area contributed by atoms with Crippen molar-refractivity contribution < 1.29 is 20.2 Å². The smallest absolute Gasteiger partial charge is 0.161 e. The van der Waals surface area contributed by atoms with Crippen LogP contribution in [0.1, 0.15) is 69.4 Å². The van der Waals surface area contributed by atoms with Crippen molar-refractivity contribution in [1.82, 2.24) is 0 Å². The molecule has 3 aliphatic rings. The summed E-state index contributed by atoms with van der Waals surface area (Å²) in [5.74, 6) is 1.91. The SMILES string of the molecule is CCOc1cc2c(cc1O)/C(=N\O)CC[C@@H]1[C@@H]2CC[C@]2(C)[C@@H](O)CC[C@@H]12. The highest BCUT2D eigenvalue weighted by Crippen LogP contribution is 2.60. The van der Waals surface area contributed by atoms with E-state index in [1.807, 2.05) is 13.0 Å². The van der Waals surface area contributed by atoms with Gasteiger partial charge in [-0.2, -0.15) is 0 Å². The van der Waals surface area contributed by atoms with E-state index in [1.54, 1.807) is 6.07 Å². The van der Waals surface area contributed by atoms with Crippen LogP contribution in [0.2, 0.25) is 0 Å². The Morgan fingerprint density at radius 2 is 2.04 bits per heavy atom. The Morgan fingerprint density at radius 3 is 2.77 bits per heavy atom. The monoisotopic (exact) mass is 359 g/mol. The van der Waals surface area contributed by atoms with Crippen LogP contribution in [0.3, 0.4) is 0 Å². The van der Waals surface area contributed by atoms with Crippen molar-refractivity contribution in [3.05, 3.63) is 23.3 Å². The van der Waals surface area contributed by atoms with Gasteiger partial charge >= 0.3 is 0 Å². The van der Waals surface area contributed by atoms with Crippen LogP contribution >= 0.6 is 0 Å². The van der Waals surface area contributed by atoms with Crippen LogP contribution in [-0.4, -0.2) is 33.8 Å². The first-order chi connectivity index (χ1) is 12.5. The molecule has 4 rings (SSSR count). The number of ether oxygens (including phenoxy) is 1. The third-order valence-electron chi connectivity index (χ3n) is 7.36. The molecule has 2 fully saturated rings. The van der Waals surface area contributed by atoms with E-state index in [-0.39, 0.29) is 17.3 Å². The van der Waals surface area contributed by atoms with Crippen LogP contribution in [0, 0.1) is 17.3 Å². The molecule has 142 valence electrons. The summed E-state index contributed by atoms with van der Waals surface area (Å²) in [4.78, 5) is 0. The number of oxime groups is 1. The predicted molar refractivity (Wildman–Crippen MR) is 99.1 cm³/mol. The predicted octanol–water partition coefficient (Wildman–Crippen LogP) is 4.03. The van der Waals surface area contributed by atoms with Crippen LogP contribution in [0.4, 0.5) is 0 Å². The second-order valence-corrected chi connectivity index (χ2v) is 8.44. The van der Waals surface area contributed by atoms with Gasteiger partial charge in [0, 0.05) is 5.56 Å². The molecule has 0 heterocycles. The first kappa shape index (κ1) is 17.7. The van der Waals surface area contributed by atoms with Gasteiger partial charge < -0.3 is 20.2 Å². The van der Waals surface area contributed by atoms with Crippen molar-refractivity contribution in [3.63, 3.8) is 0 Å². The van der Waals surface area contributed by atoms with Crippen molar-refractivity contribution in [2.45, 2.75) is 64.4 Å².